The van der Waals surface area contributed by atoms with Crippen molar-refractivity contribution in [2.45, 2.75) is 18.9 Å². The average molecular weight is 474 g/mol. The Hall–Kier alpha value is -4.40. The number of rotatable bonds is 5. The number of nitrogens with zero attached hydrogens (tertiary/aromatic N) is 3. The molecule has 3 heterocycles. The molecular formula is C26H24FN5O3. The molecule has 1 atom stereocenters. The number of para-hydroxylation sites is 1. The molecule has 0 bridgehead atoms. The van der Waals surface area contributed by atoms with Crippen LogP contribution in [0.1, 0.15) is 18.9 Å². The SMILES string of the molecule is C=CC(=O)N1CCCC(n2c(F)c(-c3ccc(Oc4ccccc4)cc3)c3c(N)n[nH]c(=O)c32)C1. The van der Waals surface area contributed by atoms with E-state index in [9.17, 15) is 9.59 Å². The number of carbonyl (C=O) groups excluding carboxylic acids is 1. The number of fused-ring (bicyclic) bond motifs is 1. The minimum atomic E-state index is -0.597. The number of hydrogen-bond acceptors (Lipinski definition) is 5. The van der Waals surface area contributed by atoms with E-state index in [1.165, 1.54) is 10.6 Å². The van der Waals surface area contributed by atoms with Crippen LogP contribution in [0.5, 0.6) is 11.5 Å². The van der Waals surface area contributed by atoms with E-state index >= 15 is 4.39 Å². The number of ether oxygens (including phenoxy) is 1. The number of aromatic amines is 1. The zero-order valence-corrected chi connectivity index (χ0v) is 18.9. The number of halogens is 1. The van der Waals surface area contributed by atoms with Crippen LogP contribution in [0.3, 0.4) is 0 Å². The van der Waals surface area contributed by atoms with E-state index in [0.29, 0.717) is 36.4 Å². The van der Waals surface area contributed by atoms with Crippen molar-refractivity contribution >= 4 is 22.6 Å². The maximum Gasteiger partial charge on any atom is 0.288 e. The van der Waals surface area contributed by atoms with Crippen LogP contribution in [-0.2, 0) is 4.79 Å². The van der Waals surface area contributed by atoms with Gasteiger partial charge in [-0.25, -0.2) is 5.10 Å². The smallest absolute Gasteiger partial charge is 0.288 e. The average Bonchev–Trinajstić information content (AvgIpc) is 3.21. The van der Waals surface area contributed by atoms with Gasteiger partial charge in [-0.1, -0.05) is 36.9 Å². The molecule has 0 aliphatic carbocycles. The lowest BCUT2D eigenvalue weighted by atomic mass is 10.0. The molecule has 0 radical (unpaired) electrons. The van der Waals surface area contributed by atoms with Crippen LogP contribution in [0.15, 0.2) is 72.0 Å². The number of benzene rings is 2. The minimum absolute atomic E-state index is 0.0201. The van der Waals surface area contributed by atoms with Crippen molar-refractivity contribution in [2.75, 3.05) is 18.8 Å². The van der Waals surface area contributed by atoms with Crippen LogP contribution in [0.4, 0.5) is 10.2 Å². The second kappa shape index (κ2) is 9.09. The number of hydrogen-bond donors (Lipinski definition) is 2. The fourth-order valence-electron chi connectivity index (χ4n) is 4.67. The first-order valence-electron chi connectivity index (χ1n) is 11.3. The molecule has 1 unspecified atom stereocenters. The van der Waals surface area contributed by atoms with Crippen molar-refractivity contribution in [3.05, 3.63) is 83.6 Å². The Morgan fingerprint density at radius 2 is 1.89 bits per heavy atom. The summed E-state index contributed by atoms with van der Waals surface area (Å²) < 4.78 is 23.3. The van der Waals surface area contributed by atoms with Gasteiger partial charge >= 0.3 is 0 Å². The summed E-state index contributed by atoms with van der Waals surface area (Å²) in [7, 11) is 0. The van der Waals surface area contributed by atoms with Gasteiger partial charge in [0.15, 0.2) is 5.82 Å². The van der Waals surface area contributed by atoms with Crippen LogP contribution in [-0.4, -0.2) is 38.7 Å². The molecule has 1 aliphatic rings. The van der Waals surface area contributed by atoms with Crippen LogP contribution in [0.25, 0.3) is 22.0 Å². The number of nitrogens with two attached hydrogens (primary N) is 1. The minimum Gasteiger partial charge on any atom is -0.457 e. The van der Waals surface area contributed by atoms with E-state index in [1.807, 2.05) is 30.3 Å². The molecule has 2 aromatic carbocycles. The third kappa shape index (κ3) is 4.05. The zero-order chi connectivity index (χ0) is 24.5. The van der Waals surface area contributed by atoms with Gasteiger partial charge in [0, 0.05) is 18.7 Å². The largest absolute Gasteiger partial charge is 0.457 e. The number of anilines is 1. The summed E-state index contributed by atoms with van der Waals surface area (Å²) in [5, 5.41) is 6.49. The second-order valence-corrected chi connectivity index (χ2v) is 8.42. The van der Waals surface area contributed by atoms with Crippen LogP contribution in [0, 0.1) is 5.95 Å². The van der Waals surface area contributed by atoms with E-state index in [1.54, 1.807) is 29.2 Å². The highest BCUT2D eigenvalue weighted by molar-refractivity contribution is 6.02. The first-order valence-corrected chi connectivity index (χ1v) is 11.3. The summed E-state index contributed by atoms with van der Waals surface area (Å²) in [6.07, 6.45) is 2.51. The molecule has 35 heavy (non-hydrogen) atoms. The van der Waals surface area contributed by atoms with Gasteiger partial charge in [0.2, 0.25) is 11.9 Å². The molecule has 0 saturated carbocycles. The van der Waals surface area contributed by atoms with E-state index in [4.69, 9.17) is 10.5 Å². The third-order valence-electron chi connectivity index (χ3n) is 6.26. The predicted octanol–water partition coefficient (Wildman–Crippen LogP) is 4.25. The lowest BCUT2D eigenvalue weighted by molar-refractivity contribution is -0.127. The van der Waals surface area contributed by atoms with Gasteiger partial charge in [0.25, 0.3) is 5.56 Å². The fraction of sp³-hybridized carbons (Fsp3) is 0.192. The molecule has 4 aromatic rings. The highest BCUT2D eigenvalue weighted by Gasteiger charge is 2.31. The molecule has 1 aliphatic heterocycles. The number of nitrogen functional groups attached to an aromatic ring is 1. The van der Waals surface area contributed by atoms with E-state index < -0.39 is 17.5 Å². The van der Waals surface area contributed by atoms with Gasteiger partial charge in [-0.3, -0.25) is 9.59 Å². The Kier molecular flexibility index (Phi) is 5.82. The molecule has 5 rings (SSSR count). The third-order valence-corrected chi connectivity index (χ3v) is 6.26. The molecule has 2 aromatic heterocycles. The van der Waals surface area contributed by atoms with Crippen LogP contribution in [0.2, 0.25) is 0 Å². The van der Waals surface area contributed by atoms with Gasteiger partial charge in [-0.15, -0.1) is 0 Å². The number of nitrogens with one attached hydrogen (secondary N) is 1. The standard InChI is InChI=1S/C26H24FN5O3/c1-2-20(33)31-14-6-7-17(15-31)32-23-22(25(28)29-30-26(23)34)21(24(32)27)16-10-12-19(13-11-16)35-18-8-4-3-5-9-18/h2-5,8-13,17H,1,6-7,14-15H2,(H2,28,29)(H,30,34). The zero-order valence-electron chi connectivity index (χ0n) is 18.9. The molecule has 9 heteroatoms. The predicted molar refractivity (Wildman–Crippen MR) is 132 cm³/mol. The second-order valence-electron chi connectivity index (χ2n) is 8.42. The Bertz CT molecular complexity index is 1460. The number of carbonyl (C=O) groups is 1. The van der Waals surface area contributed by atoms with Crippen LogP contribution >= 0.6 is 0 Å². The van der Waals surface area contributed by atoms with E-state index in [0.717, 1.165) is 0 Å². The molecule has 8 nitrogen and oxygen atoms in total. The molecule has 1 fully saturated rings. The highest BCUT2D eigenvalue weighted by atomic mass is 19.1. The Morgan fingerprint density at radius 1 is 1.17 bits per heavy atom. The highest BCUT2D eigenvalue weighted by Crippen LogP contribution is 2.39. The van der Waals surface area contributed by atoms with E-state index in [-0.39, 0.29) is 34.7 Å². The first-order chi connectivity index (χ1) is 17.0. The maximum atomic E-state index is 16.1. The van der Waals surface area contributed by atoms with E-state index in [2.05, 4.69) is 16.8 Å². The number of aromatic nitrogens is 3. The number of piperidine rings is 1. The van der Waals surface area contributed by atoms with Crippen molar-refractivity contribution in [2.24, 2.45) is 0 Å². The fourth-order valence-corrected chi connectivity index (χ4v) is 4.67. The summed E-state index contributed by atoms with van der Waals surface area (Å²) in [6, 6.07) is 15.8. The maximum absolute atomic E-state index is 16.1. The van der Waals surface area contributed by atoms with Crippen molar-refractivity contribution < 1.29 is 13.9 Å². The van der Waals surface area contributed by atoms with Gasteiger partial charge in [0.1, 0.15) is 17.0 Å². The molecule has 178 valence electrons. The van der Waals surface area contributed by atoms with Crippen molar-refractivity contribution in [1.29, 1.82) is 0 Å². The van der Waals surface area contributed by atoms with Crippen LogP contribution < -0.4 is 16.0 Å². The van der Waals surface area contributed by atoms with Gasteiger partial charge < -0.3 is 19.9 Å². The monoisotopic (exact) mass is 473 g/mol. The van der Waals surface area contributed by atoms with Crippen molar-refractivity contribution in [3.8, 4) is 22.6 Å². The summed E-state index contributed by atoms with van der Waals surface area (Å²) in [5.74, 6) is 0.459. The molecule has 3 N–H and O–H groups in total. The summed E-state index contributed by atoms with van der Waals surface area (Å²) >= 11 is 0. The van der Waals surface area contributed by atoms with Gasteiger partial charge in [-0.05, 0) is 48.7 Å². The van der Waals surface area contributed by atoms with Crippen molar-refractivity contribution in [1.82, 2.24) is 19.7 Å². The Morgan fingerprint density at radius 3 is 2.60 bits per heavy atom. The first kappa shape index (κ1) is 22.4. The van der Waals surface area contributed by atoms with Gasteiger partial charge in [-0.2, -0.15) is 9.49 Å². The molecule has 1 saturated heterocycles. The quantitative estimate of drug-likeness (QED) is 0.422. The lowest BCUT2D eigenvalue weighted by Crippen LogP contribution is -2.40. The van der Waals surface area contributed by atoms with Gasteiger partial charge in [0.05, 0.1) is 11.4 Å². The molecular weight excluding hydrogens is 449 g/mol. The number of amides is 1. The van der Waals surface area contributed by atoms with Crippen molar-refractivity contribution in [3.63, 3.8) is 0 Å². The normalized spacial score (nSPS) is 15.8. The number of H-pyrrole nitrogens is 1. The molecule has 0 spiro atoms. The summed E-state index contributed by atoms with van der Waals surface area (Å²) in [4.78, 5) is 26.7. The summed E-state index contributed by atoms with van der Waals surface area (Å²) in [6.45, 7) is 4.36. The molecule has 1 amide bonds. The number of likely N-dealkylation sites (tertiary alicyclic amines) is 1. The topological polar surface area (TPSA) is 106 Å². The Balaban J connectivity index is 1.60. The summed E-state index contributed by atoms with van der Waals surface area (Å²) in [5.41, 5.74) is 6.42. The Labute approximate surface area is 200 Å². The lowest BCUT2D eigenvalue weighted by Gasteiger charge is -2.33.